The third kappa shape index (κ3) is 3.68. The third-order valence-corrected chi connectivity index (χ3v) is 6.18. The number of benzene rings is 1. The molecule has 1 unspecified atom stereocenters. The van der Waals surface area contributed by atoms with Crippen LogP contribution in [0.2, 0.25) is 0 Å². The van der Waals surface area contributed by atoms with E-state index >= 15 is 0 Å². The van der Waals surface area contributed by atoms with Crippen molar-refractivity contribution in [3.05, 3.63) is 30.3 Å². The molecule has 4 heteroatoms. The van der Waals surface area contributed by atoms with E-state index < -0.39 is 7.52 Å². The van der Waals surface area contributed by atoms with Crippen molar-refractivity contribution in [3.63, 3.8) is 0 Å². The van der Waals surface area contributed by atoms with Crippen molar-refractivity contribution in [2.24, 2.45) is 0 Å². The van der Waals surface area contributed by atoms with Gasteiger partial charge in [-0.25, -0.2) is 4.67 Å². The molecular weight excluding hydrogens is 257 g/mol. The molecule has 1 aliphatic rings. The van der Waals surface area contributed by atoms with E-state index in [4.69, 9.17) is 4.52 Å². The van der Waals surface area contributed by atoms with Gasteiger partial charge in [-0.05, 0) is 31.4 Å². The van der Waals surface area contributed by atoms with Gasteiger partial charge in [-0.1, -0.05) is 38.0 Å². The highest BCUT2D eigenvalue weighted by Gasteiger charge is 2.34. The third-order valence-electron chi connectivity index (χ3n) is 3.55. The van der Waals surface area contributed by atoms with Gasteiger partial charge in [0, 0.05) is 13.1 Å². The Balaban J connectivity index is 2.19. The largest absolute Gasteiger partial charge is 0.314 e. The van der Waals surface area contributed by atoms with Gasteiger partial charge in [0.2, 0.25) is 0 Å². The molecule has 0 aromatic heterocycles. The summed E-state index contributed by atoms with van der Waals surface area (Å²) in [6, 6.07) is 9.70. The van der Waals surface area contributed by atoms with Gasteiger partial charge in [0.25, 0.3) is 0 Å². The Bertz CT molecular complexity index is 415. The van der Waals surface area contributed by atoms with E-state index in [0.717, 1.165) is 44.1 Å². The second-order valence-corrected chi connectivity index (χ2v) is 7.44. The Morgan fingerprint density at radius 2 is 1.84 bits per heavy atom. The normalized spacial score (nSPS) is 20.1. The van der Waals surface area contributed by atoms with E-state index in [1.54, 1.807) is 0 Å². The molecule has 1 aliphatic heterocycles. The van der Waals surface area contributed by atoms with Gasteiger partial charge in [-0.2, -0.15) is 0 Å². The van der Waals surface area contributed by atoms with Crippen LogP contribution in [0, 0.1) is 0 Å². The molecule has 0 spiro atoms. The summed E-state index contributed by atoms with van der Waals surface area (Å²) in [4.78, 5) is 0. The summed E-state index contributed by atoms with van der Waals surface area (Å²) in [5.41, 5.74) is 0. The first-order chi connectivity index (χ1) is 9.27. The SMILES string of the molecule is CCCCOP(=O)(c1ccccc1)N1CCCCC1. The Morgan fingerprint density at radius 1 is 1.16 bits per heavy atom. The van der Waals surface area contributed by atoms with Crippen LogP contribution in [-0.4, -0.2) is 24.4 Å². The zero-order valence-corrected chi connectivity index (χ0v) is 12.6. The quantitative estimate of drug-likeness (QED) is 0.586. The van der Waals surface area contributed by atoms with Gasteiger partial charge in [0.1, 0.15) is 0 Å². The molecule has 0 bridgehead atoms. The molecule has 1 aromatic rings. The van der Waals surface area contributed by atoms with E-state index in [1.165, 1.54) is 6.42 Å². The van der Waals surface area contributed by atoms with Gasteiger partial charge in [-0.3, -0.25) is 4.57 Å². The number of piperidine rings is 1. The fraction of sp³-hybridized carbons (Fsp3) is 0.600. The summed E-state index contributed by atoms with van der Waals surface area (Å²) in [6.45, 7) is 4.48. The van der Waals surface area contributed by atoms with Crippen LogP contribution in [0.5, 0.6) is 0 Å². The van der Waals surface area contributed by atoms with Gasteiger partial charge in [0.15, 0.2) is 0 Å². The number of nitrogens with zero attached hydrogens (tertiary/aromatic N) is 1. The number of hydrogen-bond acceptors (Lipinski definition) is 2. The summed E-state index contributed by atoms with van der Waals surface area (Å²) in [7, 11) is -2.84. The first kappa shape index (κ1) is 14.8. The van der Waals surface area contributed by atoms with Crippen LogP contribution in [0.15, 0.2) is 30.3 Å². The number of hydrogen-bond donors (Lipinski definition) is 0. The predicted octanol–water partition coefficient (Wildman–Crippen LogP) is 3.81. The highest BCUT2D eigenvalue weighted by molar-refractivity contribution is 7.64. The van der Waals surface area contributed by atoms with Gasteiger partial charge >= 0.3 is 7.52 Å². The van der Waals surface area contributed by atoms with E-state index in [9.17, 15) is 4.57 Å². The lowest BCUT2D eigenvalue weighted by Crippen LogP contribution is -2.32. The lowest BCUT2D eigenvalue weighted by atomic mass is 10.2. The zero-order chi connectivity index (χ0) is 13.6. The van der Waals surface area contributed by atoms with Crippen molar-refractivity contribution in [3.8, 4) is 0 Å². The summed E-state index contributed by atoms with van der Waals surface area (Å²) in [5, 5.41) is 0.841. The summed E-state index contributed by atoms with van der Waals surface area (Å²) >= 11 is 0. The molecule has 1 saturated heterocycles. The van der Waals surface area contributed by atoms with Crippen molar-refractivity contribution in [2.75, 3.05) is 19.7 Å². The molecule has 0 aliphatic carbocycles. The van der Waals surface area contributed by atoms with Gasteiger partial charge < -0.3 is 4.52 Å². The molecule has 106 valence electrons. The van der Waals surface area contributed by atoms with Crippen molar-refractivity contribution >= 4 is 12.8 Å². The minimum atomic E-state index is -2.84. The molecule has 1 atom stereocenters. The maximum Gasteiger partial charge on any atom is 0.302 e. The van der Waals surface area contributed by atoms with Crippen molar-refractivity contribution in [2.45, 2.75) is 39.0 Å². The van der Waals surface area contributed by atoms with Crippen LogP contribution in [-0.2, 0) is 9.09 Å². The minimum Gasteiger partial charge on any atom is -0.314 e. The maximum atomic E-state index is 13.3. The molecule has 2 rings (SSSR count). The second kappa shape index (κ2) is 7.23. The van der Waals surface area contributed by atoms with E-state index in [1.807, 2.05) is 30.3 Å². The molecule has 0 radical (unpaired) electrons. The lowest BCUT2D eigenvalue weighted by Gasteiger charge is -2.34. The summed E-state index contributed by atoms with van der Waals surface area (Å²) < 4.78 is 21.3. The fourth-order valence-corrected chi connectivity index (χ4v) is 4.78. The molecule has 1 fully saturated rings. The molecule has 0 N–H and O–H groups in total. The van der Waals surface area contributed by atoms with Crippen molar-refractivity contribution in [1.29, 1.82) is 0 Å². The molecule has 0 amide bonds. The number of rotatable bonds is 6. The fourth-order valence-electron chi connectivity index (χ4n) is 2.41. The van der Waals surface area contributed by atoms with Crippen LogP contribution < -0.4 is 5.30 Å². The second-order valence-electron chi connectivity index (χ2n) is 5.06. The molecular formula is C15H24NO2P. The highest BCUT2D eigenvalue weighted by atomic mass is 31.2. The molecule has 0 saturated carbocycles. The van der Waals surface area contributed by atoms with Crippen LogP contribution in [0.4, 0.5) is 0 Å². The first-order valence-electron chi connectivity index (χ1n) is 7.33. The van der Waals surface area contributed by atoms with Crippen molar-refractivity contribution < 1.29 is 9.09 Å². The Labute approximate surface area is 116 Å². The Kier molecular flexibility index (Phi) is 5.62. The zero-order valence-electron chi connectivity index (χ0n) is 11.8. The average Bonchev–Trinajstić information content (AvgIpc) is 2.49. The minimum absolute atomic E-state index is 0.583. The van der Waals surface area contributed by atoms with E-state index in [-0.39, 0.29) is 0 Å². The van der Waals surface area contributed by atoms with E-state index in [0.29, 0.717) is 6.61 Å². The smallest absolute Gasteiger partial charge is 0.302 e. The van der Waals surface area contributed by atoms with E-state index in [2.05, 4.69) is 11.6 Å². The highest BCUT2D eigenvalue weighted by Crippen LogP contribution is 2.50. The number of unbranched alkanes of at least 4 members (excludes halogenated alkanes) is 1. The Morgan fingerprint density at radius 3 is 2.47 bits per heavy atom. The summed E-state index contributed by atoms with van der Waals surface area (Å²) in [6.07, 6.45) is 5.50. The first-order valence-corrected chi connectivity index (χ1v) is 8.91. The van der Waals surface area contributed by atoms with Crippen molar-refractivity contribution in [1.82, 2.24) is 4.67 Å². The monoisotopic (exact) mass is 281 g/mol. The molecule has 1 heterocycles. The average molecular weight is 281 g/mol. The topological polar surface area (TPSA) is 29.5 Å². The molecule has 3 nitrogen and oxygen atoms in total. The predicted molar refractivity (Wildman–Crippen MR) is 80.0 cm³/mol. The van der Waals surface area contributed by atoms with Crippen LogP contribution >= 0.6 is 7.52 Å². The molecule has 1 aromatic carbocycles. The maximum absolute atomic E-state index is 13.3. The van der Waals surface area contributed by atoms with Gasteiger partial charge in [-0.15, -0.1) is 0 Å². The Hall–Kier alpha value is -0.630. The van der Waals surface area contributed by atoms with Gasteiger partial charge in [0.05, 0.1) is 11.9 Å². The summed E-state index contributed by atoms with van der Waals surface area (Å²) in [5.74, 6) is 0. The van der Waals surface area contributed by atoms with Crippen LogP contribution in [0.25, 0.3) is 0 Å². The lowest BCUT2D eigenvalue weighted by molar-refractivity contribution is 0.246. The van der Waals surface area contributed by atoms with Crippen LogP contribution in [0.1, 0.15) is 39.0 Å². The van der Waals surface area contributed by atoms with Crippen LogP contribution in [0.3, 0.4) is 0 Å². The standard InChI is InChI=1S/C15H24NO2P/c1-2-3-14-18-19(17,15-10-6-4-7-11-15)16-12-8-5-9-13-16/h4,6-7,10-11H,2-3,5,8-9,12-14H2,1H3. The molecule has 19 heavy (non-hydrogen) atoms.